The standard InChI is InChI=1S/C12H26N2O2S/c1-3-5-10-14(4-2)17(15,16)11-6-9-13-12-7-8-12/h12-13H,3-11H2,1-2H3. The summed E-state index contributed by atoms with van der Waals surface area (Å²) in [7, 11) is -3.03. The summed E-state index contributed by atoms with van der Waals surface area (Å²) in [5.74, 6) is 0.282. The average Bonchev–Trinajstić information content (AvgIpc) is 3.09. The summed E-state index contributed by atoms with van der Waals surface area (Å²) in [4.78, 5) is 0. The summed E-state index contributed by atoms with van der Waals surface area (Å²) in [5, 5.41) is 3.35. The first-order valence-electron chi connectivity index (χ1n) is 6.81. The molecule has 17 heavy (non-hydrogen) atoms. The van der Waals surface area contributed by atoms with Gasteiger partial charge >= 0.3 is 0 Å². The topological polar surface area (TPSA) is 49.4 Å². The molecule has 0 radical (unpaired) electrons. The predicted molar refractivity (Wildman–Crippen MR) is 71.6 cm³/mol. The second kappa shape index (κ2) is 7.34. The van der Waals surface area contributed by atoms with E-state index in [1.165, 1.54) is 12.8 Å². The smallest absolute Gasteiger partial charge is 0.214 e. The Morgan fingerprint density at radius 3 is 2.47 bits per heavy atom. The Morgan fingerprint density at radius 1 is 1.24 bits per heavy atom. The maximum atomic E-state index is 12.0. The van der Waals surface area contributed by atoms with E-state index in [-0.39, 0.29) is 5.75 Å². The highest BCUT2D eigenvalue weighted by Crippen LogP contribution is 2.18. The molecule has 102 valence electrons. The van der Waals surface area contributed by atoms with Crippen LogP contribution in [0, 0.1) is 0 Å². The van der Waals surface area contributed by atoms with Crippen LogP contribution < -0.4 is 5.32 Å². The Hall–Kier alpha value is -0.130. The largest absolute Gasteiger partial charge is 0.314 e. The molecule has 0 amide bonds. The van der Waals surface area contributed by atoms with Crippen molar-refractivity contribution in [2.75, 3.05) is 25.4 Å². The van der Waals surface area contributed by atoms with Crippen molar-refractivity contribution in [1.82, 2.24) is 9.62 Å². The van der Waals surface area contributed by atoms with E-state index in [1.807, 2.05) is 6.92 Å². The number of rotatable bonds is 10. The minimum absolute atomic E-state index is 0.282. The van der Waals surface area contributed by atoms with Gasteiger partial charge in [0.05, 0.1) is 5.75 Å². The van der Waals surface area contributed by atoms with E-state index >= 15 is 0 Å². The normalized spacial score (nSPS) is 16.6. The fraction of sp³-hybridized carbons (Fsp3) is 1.00. The van der Waals surface area contributed by atoms with Crippen LogP contribution >= 0.6 is 0 Å². The third kappa shape index (κ3) is 5.84. The Balaban J connectivity index is 2.24. The zero-order valence-corrected chi connectivity index (χ0v) is 11.9. The summed E-state index contributed by atoms with van der Waals surface area (Å²) in [6, 6.07) is 0.667. The second-order valence-electron chi connectivity index (χ2n) is 4.74. The van der Waals surface area contributed by atoms with Crippen molar-refractivity contribution in [3.63, 3.8) is 0 Å². The summed E-state index contributed by atoms with van der Waals surface area (Å²) in [6.45, 7) is 6.09. The molecule has 1 N–H and O–H groups in total. The summed E-state index contributed by atoms with van der Waals surface area (Å²) < 4.78 is 25.7. The molecule has 0 atom stereocenters. The molecule has 0 aromatic carbocycles. The molecule has 4 nitrogen and oxygen atoms in total. The van der Waals surface area contributed by atoms with Gasteiger partial charge in [-0.25, -0.2) is 12.7 Å². The van der Waals surface area contributed by atoms with Crippen molar-refractivity contribution >= 4 is 10.0 Å². The number of nitrogens with one attached hydrogen (secondary N) is 1. The van der Waals surface area contributed by atoms with E-state index in [0.717, 1.165) is 25.8 Å². The molecule has 0 aromatic rings. The van der Waals surface area contributed by atoms with Crippen LogP contribution in [0.15, 0.2) is 0 Å². The lowest BCUT2D eigenvalue weighted by Crippen LogP contribution is -2.34. The maximum Gasteiger partial charge on any atom is 0.214 e. The summed E-state index contributed by atoms with van der Waals surface area (Å²) in [5.41, 5.74) is 0. The lowest BCUT2D eigenvalue weighted by atomic mass is 10.3. The van der Waals surface area contributed by atoms with Crippen LogP contribution in [0.2, 0.25) is 0 Å². The third-order valence-electron chi connectivity index (χ3n) is 3.10. The predicted octanol–water partition coefficient (Wildman–Crippen LogP) is 1.58. The van der Waals surface area contributed by atoms with Gasteiger partial charge in [-0.15, -0.1) is 0 Å². The van der Waals surface area contributed by atoms with E-state index in [0.29, 0.717) is 19.1 Å². The second-order valence-corrected chi connectivity index (χ2v) is 6.83. The quantitative estimate of drug-likeness (QED) is 0.608. The van der Waals surface area contributed by atoms with Crippen LogP contribution in [-0.4, -0.2) is 44.2 Å². The monoisotopic (exact) mass is 262 g/mol. The molecule has 0 unspecified atom stereocenters. The van der Waals surface area contributed by atoms with Crippen molar-refractivity contribution in [2.24, 2.45) is 0 Å². The maximum absolute atomic E-state index is 12.0. The third-order valence-corrected chi connectivity index (χ3v) is 5.13. The molecule has 1 aliphatic rings. The lowest BCUT2D eigenvalue weighted by Gasteiger charge is -2.20. The molecule has 0 aliphatic heterocycles. The van der Waals surface area contributed by atoms with Crippen LogP contribution in [-0.2, 0) is 10.0 Å². The van der Waals surface area contributed by atoms with Gasteiger partial charge in [0.2, 0.25) is 10.0 Å². The lowest BCUT2D eigenvalue weighted by molar-refractivity contribution is 0.417. The fourth-order valence-corrected chi connectivity index (χ4v) is 3.37. The Bertz CT molecular complexity index is 300. The highest BCUT2D eigenvalue weighted by molar-refractivity contribution is 7.89. The van der Waals surface area contributed by atoms with Crippen LogP contribution in [0.3, 0.4) is 0 Å². The van der Waals surface area contributed by atoms with Crippen molar-refractivity contribution in [1.29, 1.82) is 0 Å². The van der Waals surface area contributed by atoms with Gasteiger partial charge in [0.1, 0.15) is 0 Å². The van der Waals surface area contributed by atoms with Crippen molar-refractivity contribution in [3.8, 4) is 0 Å². The Kier molecular flexibility index (Phi) is 6.44. The van der Waals surface area contributed by atoms with E-state index in [1.54, 1.807) is 4.31 Å². The van der Waals surface area contributed by atoms with Gasteiger partial charge in [-0.2, -0.15) is 0 Å². The highest BCUT2D eigenvalue weighted by atomic mass is 32.2. The number of unbranched alkanes of at least 4 members (excludes halogenated alkanes) is 1. The average molecular weight is 262 g/mol. The van der Waals surface area contributed by atoms with Crippen LogP contribution in [0.1, 0.15) is 46.0 Å². The Morgan fingerprint density at radius 2 is 1.94 bits per heavy atom. The van der Waals surface area contributed by atoms with Crippen molar-refractivity contribution in [3.05, 3.63) is 0 Å². The summed E-state index contributed by atoms with van der Waals surface area (Å²) >= 11 is 0. The van der Waals surface area contributed by atoms with Gasteiger partial charge in [-0.05, 0) is 32.2 Å². The van der Waals surface area contributed by atoms with Crippen molar-refractivity contribution < 1.29 is 8.42 Å². The molecular formula is C12H26N2O2S. The van der Waals surface area contributed by atoms with Gasteiger partial charge in [-0.3, -0.25) is 0 Å². The molecule has 1 aliphatic carbocycles. The van der Waals surface area contributed by atoms with E-state index in [9.17, 15) is 8.42 Å². The first kappa shape index (κ1) is 14.9. The molecule has 0 saturated heterocycles. The first-order valence-corrected chi connectivity index (χ1v) is 8.42. The van der Waals surface area contributed by atoms with Crippen LogP contribution in [0.4, 0.5) is 0 Å². The molecular weight excluding hydrogens is 236 g/mol. The Labute approximate surface area is 106 Å². The number of hydrogen-bond acceptors (Lipinski definition) is 3. The number of nitrogens with zero attached hydrogens (tertiary/aromatic N) is 1. The molecule has 1 saturated carbocycles. The molecule has 5 heteroatoms. The minimum atomic E-state index is -3.03. The highest BCUT2D eigenvalue weighted by Gasteiger charge is 2.22. The van der Waals surface area contributed by atoms with Crippen molar-refractivity contribution in [2.45, 2.75) is 52.0 Å². The van der Waals surface area contributed by atoms with Gasteiger partial charge < -0.3 is 5.32 Å². The van der Waals surface area contributed by atoms with Gasteiger partial charge in [0.25, 0.3) is 0 Å². The zero-order chi connectivity index (χ0) is 12.7. The first-order chi connectivity index (χ1) is 8.10. The van der Waals surface area contributed by atoms with Gasteiger partial charge in [0.15, 0.2) is 0 Å². The summed E-state index contributed by atoms with van der Waals surface area (Å²) in [6.07, 6.45) is 5.22. The van der Waals surface area contributed by atoms with E-state index in [4.69, 9.17) is 0 Å². The molecule has 0 spiro atoms. The van der Waals surface area contributed by atoms with Gasteiger partial charge in [-0.1, -0.05) is 20.3 Å². The number of sulfonamides is 1. The fourth-order valence-electron chi connectivity index (χ4n) is 1.81. The molecule has 0 heterocycles. The molecule has 1 fully saturated rings. The van der Waals surface area contributed by atoms with Gasteiger partial charge in [0, 0.05) is 19.1 Å². The van der Waals surface area contributed by atoms with Crippen LogP contribution in [0.25, 0.3) is 0 Å². The minimum Gasteiger partial charge on any atom is -0.314 e. The molecule has 0 bridgehead atoms. The zero-order valence-electron chi connectivity index (χ0n) is 11.1. The SMILES string of the molecule is CCCCN(CC)S(=O)(=O)CCCNC1CC1. The van der Waals surface area contributed by atoms with Crippen LogP contribution in [0.5, 0.6) is 0 Å². The molecule has 0 aromatic heterocycles. The number of hydrogen-bond donors (Lipinski definition) is 1. The van der Waals surface area contributed by atoms with E-state index in [2.05, 4.69) is 12.2 Å². The van der Waals surface area contributed by atoms with E-state index < -0.39 is 10.0 Å². The molecule has 1 rings (SSSR count).